The van der Waals surface area contributed by atoms with Gasteiger partial charge in [-0.25, -0.2) is 4.79 Å². The molecule has 0 aliphatic carbocycles. The largest absolute Gasteiger partial charge is 0.493 e. The molecule has 0 spiro atoms. The predicted molar refractivity (Wildman–Crippen MR) is 242 cm³/mol. The number of carboxylic acid groups (broad SMARTS) is 1. The Balaban J connectivity index is 1.27. The molecular weight excluding hydrogens is 853 g/mol. The lowest BCUT2D eigenvalue weighted by Crippen LogP contribution is -2.68. The van der Waals surface area contributed by atoms with E-state index in [0.29, 0.717) is 72.9 Å². The molecule has 3 aromatic rings. The Morgan fingerprint density at radius 1 is 0.873 bits per heavy atom. The van der Waals surface area contributed by atoms with E-state index in [9.17, 15) is 44.4 Å². The summed E-state index contributed by atoms with van der Waals surface area (Å²) in [6.45, 7) is 3.86. The van der Waals surface area contributed by atoms with Crippen LogP contribution >= 0.6 is 23.5 Å². The van der Waals surface area contributed by atoms with Crippen LogP contribution < -0.4 is 26.4 Å². The Hall–Kier alpha value is -4.53. The van der Waals surface area contributed by atoms with Crippen LogP contribution in [-0.2, 0) is 19.1 Å². The molecule has 344 valence electrons. The molecule has 0 saturated carbocycles. The van der Waals surface area contributed by atoms with Crippen LogP contribution in [-0.4, -0.2) is 142 Å². The highest BCUT2D eigenvalue weighted by atomic mass is 32.2. The van der Waals surface area contributed by atoms with Crippen LogP contribution in [0.5, 0.6) is 5.75 Å². The Labute approximate surface area is 376 Å². The van der Waals surface area contributed by atoms with Crippen molar-refractivity contribution in [1.82, 2.24) is 16.0 Å². The second kappa shape index (κ2) is 26.3. The van der Waals surface area contributed by atoms with Crippen LogP contribution in [0, 0.1) is 0 Å². The lowest BCUT2D eigenvalue weighted by molar-refractivity contribution is -0.310. The van der Waals surface area contributed by atoms with Crippen LogP contribution in [0.3, 0.4) is 0 Å². The van der Waals surface area contributed by atoms with E-state index in [1.165, 1.54) is 18.7 Å². The maximum atomic E-state index is 13.2. The molecular formula is C45H60N4O12S2. The van der Waals surface area contributed by atoms with Gasteiger partial charge in [-0.2, -0.15) is 23.5 Å². The van der Waals surface area contributed by atoms with Crippen molar-refractivity contribution in [2.24, 2.45) is 5.73 Å². The quantitative estimate of drug-likeness (QED) is 0.0404. The molecule has 1 fully saturated rings. The number of aliphatic hydroxyl groups excluding tert-OH is 3. The van der Waals surface area contributed by atoms with E-state index in [2.05, 4.69) is 16.0 Å². The van der Waals surface area contributed by atoms with Gasteiger partial charge in [-0.05, 0) is 84.5 Å². The fraction of sp³-hybridized carbons (Fsp3) is 0.489. The fourth-order valence-corrected chi connectivity index (χ4v) is 8.17. The summed E-state index contributed by atoms with van der Waals surface area (Å²) in [6.07, 6.45) is -5.72. The van der Waals surface area contributed by atoms with Crippen LogP contribution in [0.1, 0.15) is 77.0 Å². The number of carbonyl (C=O) groups is 5. The molecule has 4 rings (SSSR count). The van der Waals surface area contributed by atoms with Crippen LogP contribution in [0.15, 0.2) is 72.8 Å². The van der Waals surface area contributed by atoms with Crippen molar-refractivity contribution < 1.29 is 58.6 Å². The smallest absolute Gasteiger partial charge is 0.364 e. The molecule has 16 nitrogen and oxygen atoms in total. The van der Waals surface area contributed by atoms with Crippen LogP contribution in [0.4, 0.5) is 0 Å². The maximum Gasteiger partial charge on any atom is 0.364 e. The van der Waals surface area contributed by atoms with Crippen LogP contribution in [0.2, 0.25) is 0 Å². The van der Waals surface area contributed by atoms with Crippen molar-refractivity contribution in [3.05, 3.63) is 89.5 Å². The van der Waals surface area contributed by atoms with Crippen molar-refractivity contribution in [3.8, 4) is 16.9 Å². The molecule has 6 atom stereocenters. The van der Waals surface area contributed by atoms with Gasteiger partial charge in [0.05, 0.1) is 37.0 Å². The molecule has 1 aliphatic heterocycles. The third-order valence-electron chi connectivity index (χ3n) is 10.1. The number of hydrogen-bond donors (Lipinski definition) is 8. The molecule has 1 heterocycles. The number of ether oxygens (including phenoxy) is 3. The predicted octanol–water partition coefficient (Wildman–Crippen LogP) is 3.25. The summed E-state index contributed by atoms with van der Waals surface area (Å²) < 4.78 is 17.5. The minimum atomic E-state index is -2.44. The molecule has 1 saturated heterocycles. The van der Waals surface area contributed by atoms with Gasteiger partial charge in [-0.1, -0.05) is 49.4 Å². The number of benzene rings is 3. The fourth-order valence-electron chi connectivity index (χ4n) is 6.77. The van der Waals surface area contributed by atoms with E-state index in [4.69, 9.17) is 19.9 Å². The first-order valence-corrected chi connectivity index (χ1v) is 23.3. The zero-order valence-electron chi connectivity index (χ0n) is 35.7. The minimum absolute atomic E-state index is 0.124. The van der Waals surface area contributed by atoms with Gasteiger partial charge in [0.1, 0.15) is 18.0 Å². The average molecular weight is 913 g/mol. The summed E-state index contributed by atoms with van der Waals surface area (Å²) >= 11 is 3.24. The normalized spacial score (nSPS) is 19.4. The molecule has 1 aliphatic rings. The van der Waals surface area contributed by atoms with Gasteiger partial charge in [0, 0.05) is 49.7 Å². The molecule has 9 N–H and O–H groups in total. The highest BCUT2D eigenvalue weighted by molar-refractivity contribution is 7.99. The Morgan fingerprint density at radius 2 is 1.56 bits per heavy atom. The second-order valence-corrected chi connectivity index (χ2v) is 17.5. The summed E-state index contributed by atoms with van der Waals surface area (Å²) in [5, 5.41) is 51.5. The highest BCUT2D eigenvalue weighted by Gasteiger charge is 2.55. The minimum Gasteiger partial charge on any atom is -0.493 e. The standard InChI is InChI=1S/C45H60N4O12S2/c1-3-62-25-20-47-43(56)33-17-18-34(38(26-33)59-21-8-19-46)35(51)12-7-23-63-24-9-22-60-45(44(57)58)27-36(52)39(49-29(2)50)41(61-45)40(54)37(53)28-48-42(55)32-15-13-31(14-16-32)30-10-5-4-6-11-30/h4-6,10-11,13-18,26,36-37,39-41,52-54H,3,7-9,12,19-25,27-28,46H2,1-2H3,(H,47,56)(H,48,55)(H,49,50)(H,57,58)/t36-,37+,39+,40+,41+,45+/m0/s1. The SMILES string of the molecule is CCSCCNC(=O)c1ccc(C(=O)CCCSCCCO[C@]2(C(=O)O)C[C@H](O)[C@@H](NC(C)=O)[C@H]([C@H](O)[C@H](O)CNC(=O)c3ccc(-c4ccccc4)cc3)O2)c(OCCCN)c1. The number of nitrogens with one attached hydrogen (secondary N) is 3. The van der Waals surface area contributed by atoms with Gasteiger partial charge in [0.25, 0.3) is 17.6 Å². The number of nitrogens with two attached hydrogens (primary N) is 1. The topological polar surface area (TPSA) is 256 Å². The van der Waals surface area contributed by atoms with Gasteiger partial charge in [0.15, 0.2) is 5.78 Å². The Kier molecular flexibility index (Phi) is 21.3. The zero-order chi connectivity index (χ0) is 45.8. The molecule has 0 bridgehead atoms. The summed E-state index contributed by atoms with van der Waals surface area (Å²) in [5.74, 6) is -2.35. The summed E-state index contributed by atoms with van der Waals surface area (Å²) in [4.78, 5) is 63.6. The molecule has 63 heavy (non-hydrogen) atoms. The van der Waals surface area contributed by atoms with E-state index in [-0.39, 0.29) is 24.7 Å². The number of rotatable bonds is 27. The van der Waals surface area contributed by atoms with Crippen molar-refractivity contribution in [2.45, 2.75) is 82.2 Å². The van der Waals surface area contributed by atoms with Gasteiger partial charge in [-0.15, -0.1) is 0 Å². The number of thioether (sulfide) groups is 2. The monoisotopic (exact) mass is 912 g/mol. The van der Waals surface area contributed by atoms with E-state index < -0.39 is 67.0 Å². The first kappa shape index (κ1) is 51.1. The van der Waals surface area contributed by atoms with E-state index >= 15 is 0 Å². The van der Waals surface area contributed by atoms with Crippen molar-refractivity contribution in [3.63, 3.8) is 0 Å². The van der Waals surface area contributed by atoms with Gasteiger partial charge >= 0.3 is 5.97 Å². The third-order valence-corrected chi connectivity index (χ3v) is 12.1. The number of amides is 3. The number of ketones is 1. The molecule has 3 aromatic carbocycles. The number of aliphatic hydroxyl groups is 3. The third kappa shape index (κ3) is 15.6. The first-order valence-electron chi connectivity index (χ1n) is 21.0. The molecule has 18 heteroatoms. The second-order valence-electron chi connectivity index (χ2n) is 14.8. The number of carbonyl (C=O) groups excluding carboxylic acids is 4. The maximum absolute atomic E-state index is 13.2. The molecule has 3 amide bonds. The molecule has 0 aromatic heterocycles. The van der Waals surface area contributed by atoms with Gasteiger partial charge in [-0.3, -0.25) is 19.2 Å². The molecule has 0 radical (unpaired) electrons. The van der Waals surface area contributed by atoms with E-state index in [1.54, 1.807) is 54.2 Å². The van der Waals surface area contributed by atoms with Crippen LogP contribution in [0.25, 0.3) is 11.1 Å². The highest BCUT2D eigenvalue weighted by Crippen LogP contribution is 2.34. The average Bonchev–Trinajstić information content (AvgIpc) is 3.28. The molecule has 0 unspecified atom stereocenters. The number of carboxylic acids is 1. The number of hydrogen-bond acceptors (Lipinski definition) is 14. The first-order chi connectivity index (χ1) is 30.3. The lowest BCUT2D eigenvalue weighted by atomic mass is 9.88. The van der Waals surface area contributed by atoms with Crippen molar-refractivity contribution >= 4 is 53.0 Å². The van der Waals surface area contributed by atoms with Gasteiger partial charge < -0.3 is 56.3 Å². The van der Waals surface area contributed by atoms with E-state index in [0.717, 1.165) is 22.6 Å². The summed E-state index contributed by atoms with van der Waals surface area (Å²) in [5.41, 5.74) is 8.55. The van der Waals surface area contributed by atoms with Gasteiger partial charge in [0.2, 0.25) is 5.91 Å². The Morgan fingerprint density at radius 3 is 2.24 bits per heavy atom. The Bertz CT molecular complexity index is 1940. The lowest BCUT2D eigenvalue weighted by Gasteiger charge is -2.46. The van der Waals surface area contributed by atoms with E-state index in [1.807, 2.05) is 37.3 Å². The van der Waals surface area contributed by atoms with Crippen molar-refractivity contribution in [2.75, 3.05) is 55.9 Å². The summed E-state index contributed by atoms with van der Waals surface area (Å²) in [7, 11) is 0. The number of aliphatic carboxylic acids is 1. The zero-order valence-corrected chi connectivity index (χ0v) is 37.3. The van der Waals surface area contributed by atoms with Crippen molar-refractivity contribution in [1.29, 1.82) is 0 Å². The summed E-state index contributed by atoms with van der Waals surface area (Å²) in [6, 6.07) is 19.8. The number of Topliss-reactive ketones (excluding diaryl/α,β-unsaturated/α-hetero) is 1.